The molecule has 1 amide bonds. The summed E-state index contributed by atoms with van der Waals surface area (Å²) < 4.78 is 33.3. The minimum atomic E-state index is -3.77. The Morgan fingerprint density at radius 2 is 1.85 bits per heavy atom. The summed E-state index contributed by atoms with van der Waals surface area (Å²) in [4.78, 5) is 12.4. The molecule has 0 bridgehead atoms. The van der Waals surface area contributed by atoms with Crippen molar-refractivity contribution in [2.75, 3.05) is 6.54 Å². The molecule has 6 nitrogen and oxygen atoms in total. The van der Waals surface area contributed by atoms with E-state index in [0.717, 1.165) is 31.2 Å². The number of aryl methyl sites for hydroxylation is 1. The van der Waals surface area contributed by atoms with Crippen LogP contribution in [0.3, 0.4) is 0 Å². The predicted molar refractivity (Wildman–Crippen MR) is 105 cm³/mol. The summed E-state index contributed by atoms with van der Waals surface area (Å²) in [5.74, 6) is 0.200. The molecule has 1 heterocycles. The van der Waals surface area contributed by atoms with Crippen molar-refractivity contribution in [2.45, 2.75) is 56.9 Å². The molecule has 0 fully saturated rings. The quantitative estimate of drug-likeness (QED) is 0.571. The third kappa shape index (κ3) is 6.84. The second-order valence-electron chi connectivity index (χ2n) is 6.62. The highest BCUT2D eigenvalue weighted by Gasteiger charge is 2.25. The first-order valence-electron chi connectivity index (χ1n) is 9.31. The Kier molecular flexibility index (Phi) is 8.06. The van der Waals surface area contributed by atoms with Gasteiger partial charge in [0.15, 0.2) is 0 Å². The fraction of sp³-hybridized carbons (Fsp3) is 0.450. The van der Waals surface area contributed by atoms with E-state index in [1.807, 2.05) is 6.92 Å². The van der Waals surface area contributed by atoms with Crippen LogP contribution >= 0.6 is 0 Å². The molecule has 1 unspecified atom stereocenters. The number of nitrogens with one attached hydrogen (secondary N) is 2. The maximum Gasteiger partial charge on any atom is 0.241 e. The first kappa shape index (κ1) is 21.2. The van der Waals surface area contributed by atoms with Crippen LogP contribution in [-0.4, -0.2) is 20.9 Å². The molecule has 1 atom stereocenters. The van der Waals surface area contributed by atoms with Gasteiger partial charge in [-0.3, -0.25) is 4.79 Å². The van der Waals surface area contributed by atoms with E-state index in [0.29, 0.717) is 12.3 Å². The van der Waals surface area contributed by atoms with Crippen LogP contribution in [0.5, 0.6) is 0 Å². The molecule has 148 valence electrons. The van der Waals surface area contributed by atoms with Gasteiger partial charge in [0.25, 0.3) is 0 Å². The fourth-order valence-electron chi connectivity index (χ4n) is 2.70. The maximum atomic E-state index is 12.7. The molecular formula is C20H28N2O4S. The molecule has 1 aromatic carbocycles. The number of carbonyl (C=O) groups excluding carboxylic acids is 1. The number of rotatable bonds is 11. The Balaban J connectivity index is 2.02. The van der Waals surface area contributed by atoms with Crippen molar-refractivity contribution in [3.63, 3.8) is 0 Å². The van der Waals surface area contributed by atoms with Gasteiger partial charge < -0.3 is 9.73 Å². The Labute approximate surface area is 161 Å². The van der Waals surface area contributed by atoms with Crippen LogP contribution in [0.1, 0.15) is 56.4 Å². The van der Waals surface area contributed by atoms with Crippen molar-refractivity contribution in [3.05, 3.63) is 54.0 Å². The molecular weight excluding hydrogens is 364 g/mol. The lowest BCUT2D eigenvalue weighted by Gasteiger charge is -2.17. The second kappa shape index (κ2) is 10.3. The Bertz CT molecular complexity index is 799. The van der Waals surface area contributed by atoms with Crippen LogP contribution in [0.25, 0.3) is 0 Å². The van der Waals surface area contributed by atoms with E-state index in [1.54, 1.807) is 36.4 Å². The number of amides is 1. The zero-order chi connectivity index (χ0) is 19.7. The monoisotopic (exact) mass is 392 g/mol. The first-order valence-corrected chi connectivity index (χ1v) is 10.8. The SMILES string of the molecule is CCCCCCNC(=O)CC(NS(=O)(=O)c1ccc(C)cc1)c1ccco1. The van der Waals surface area contributed by atoms with Crippen LogP contribution in [0.4, 0.5) is 0 Å². The molecule has 0 aliphatic heterocycles. The summed E-state index contributed by atoms with van der Waals surface area (Å²) in [7, 11) is -3.77. The van der Waals surface area contributed by atoms with Crippen LogP contribution in [0.2, 0.25) is 0 Å². The molecule has 0 saturated heterocycles. The van der Waals surface area contributed by atoms with Crippen molar-refractivity contribution >= 4 is 15.9 Å². The molecule has 0 radical (unpaired) electrons. The standard InChI is InChI=1S/C20H28N2O4S/c1-3-4-5-6-13-21-20(23)15-18(19-8-7-14-26-19)22-27(24,25)17-11-9-16(2)10-12-17/h7-12,14,18,22H,3-6,13,15H2,1-2H3,(H,21,23). The van der Waals surface area contributed by atoms with E-state index in [1.165, 1.54) is 6.26 Å². The van der Waals surface area contributed by atoms with Crippen LogP contribution in [0, 0.1) is 6.92 Å². The van der Waals surface area contributed by atoms with E-state index < -0.39 is 16.1 Å². The Morgan fingerprint density at radius 1 is 1.11 bits per heavy atom. The largest absolute Gasteiger partial charge is 0.468 e. The number of hydrogen-bond acceptors (Lipinski definition) is 4. The third-order valence-corrected chi connectivity index (χ3v) is 5.74. The smallest absolute Gasteiger partial charge is 0.241 e. The number of sulfonamides is 1. The fourth-order valence-corrected chi connectivity index (χ4v) is 3.90. The molecule has 1 aromatic heterocycles. The van der Waals surface area contributed by atoms with E-state index in [4.69, 9.17) is 4.42 Å². The Hall–Kier alpha value is -2.12. The molecule has 0 saturated carbocycles. The highest BCUT2D eigenvalue weighted by Crippen LogP contribution is 2.21. The van der Waals surface area contributed by atoms with Gasteiger partial charge in [0.2, 0.25) is 15.9 Å². The van der Waals surface area contributed by atoms with Crippen LogP contribution in [-0.2, 0) is 14.8 Å². The van der Waals surface area contributed by atoms with Gasteiger partial charge in [-0.05, 0) is 37.6 Å². The molecule has 0 aliphatic carbocycles. The molecule has 0 spiro atoms. The maximum absolute atomic E-state index is 12.7. The second-order valence-corrected chi connectivity index (χ2v) is 8.33. The molecule has 7 heteroatoms. The molecule has 2 aromatic rings. The number of benzene rings is 1. The van der Waals surface area contributed by atoms with Crippen LogP contribution in [0.15, 0.2) is 52.0 Å². The highest BCUT2D eigenvalue weighted by molar-refractivity contribution is 7.89. The number of carbonyl (C=O) groups is 1. The summed E-state index contributed by atoms with van der Waals surface area (Å²) in [5, 5.41) is 2.85. The van der Waals surface area contributed by atoms with Gasteiger partial charge >= 0.3 is 0 Å². The molecule has 0 aliphatic rings. The van der Waals surface area contributed by atoms with E-state index >= 15 is 0 Å². The number of furan rings is 1. The van der Waals surface area contributed by atoms with Gasteiger partial charge in [0, 0.05) is 6.54 Å². The minimum absolute atomic E-state index is 0.0214. The summed E-state index contributed by atoms with van der Waals surface area (Å²) in [6.45, 7) is 4.61. The van der Waals surface area contributed by atoms with E-state index in [9.17, 15) is 13.2 Å². The lowest BCUT2D eigenvalue weighted by Crippen LogP contribution is -2.34. The predicted octanol–water partition coefficient (Wildman–Crippen LogP) is 3.69. The van der Waals surface area contributed by atoms with Crippen molar-refractivity contribution in [2.24, 2.45) is 0 Å². The first-order chi connectivity index (χ1) is 12.9. The average molecular weight is 393 g/mol. The summed E-state index contributed by atoms with van der Waals surface area (Å²) in [6, 6.07) is 9.14. The topological polar surface area (TPSA) is 88.4 Å². The number of hydrogen-bond donors (Lipinski definition) is 2. The van der Waals surface area contributed by atoms with Crippen molar-refractivity contribution < 1.29 is 17.6 Å². The molecule has 27 heavy (non-hydrogen) atoms. The van der Waals surface area contributed by atoms with E-state index in [2.05, 4.69) is 17.0 Å². The highest BCUT2D eigenvalue weighted by atomic mass is 32.2. The summed E-state index contributed by atoms with van der Waals surface area (Å²) >= 11 is 0. The lowest BCUT2D eigenvalue weighted by molar-refractivity contribution is -0.121. The van der Waals surface area contributed by atoms with Gasteiger partial charge in [-0.25, -0.2) is 8.42 Å². The van der Waals surface area contributed by atoms with Gasteiger partial charge in [-0.1, -0.05) is 43.9 Å². The molecule has 2 N–H and O–H groups in total. The number of unbranched alkanes of at least 4 members (excludes halogenated alkanes) is 3. The van der Waals surface area contributed by atoms with Gasteiger partial charge in [-0.15, -0.1) is 0 Å². The lowest BCUT2D eigenvalue weighted by atomic mass is 10.1. The minimum Gasteiger partial charge on any atom is -0.468 e. The van der Waals surface area contributed by atoms with Crippen molar-refractivity contribution in [3.8, 4) is 0 Å². The van der Waals surface area contributed by atoms with E-state index in [-0.39, 0.29) is 17.2 Å². The normalized spacial score (nSPS) is 12.7. The summed E-state index contributed by atoms with van der Waals surface area (Å²) in [6.07, 6.45) is 5.70. The van der Waals surface area contributed by atoms with Crippen molar-refractivity contribution in [1.82, 2.24) is 10.0 Å². The van der Waals surface area contributed by atoms with Crippen LogP contribution < -0.4 is 10.0 Å². The Morgan fingerprint density at radius 3 is 2.48 bits per heavy atom. The summed E-state index contributed by atoms with van der Waals surface area (Å²) in [5.41, 5.74) is 0.971. The average Bonchev–Trinajstić information content (AvgIpc) is 3.16. The zero-order valence-corrected chi connectivity index (χ0v) is 16.7. The zero-order valence-electron chi connectivity index (χ0n) is 15.9. The van der Waals surface area contributed by atoms with Gasteiger partial charge in [0.05, 0.1) is 23.6 Å². The van der Waals surface area contributed by atoms with Gasteiger partial charge in [0.1, 0.15) is 5.76 Å². The third-order valence-electron chi connectivity index (χ3n) is 4.26. The van der Waals surface area contributed by atoms with Gasteiger partial charge in [-0.2, -0.15) is 4.72 Å². The van der Waals surface area contributed by atoms with Crippen molar-refractivity contribution in [1.29, 1.82) is 0 Å². The molecule has 2 rings (SSSR count).